The molecule has 108 valence electrons. The molecule has 0 spiro atoms. The van der Waals surface area contributed by atoms with Crippen LogP contribution in [-0.2, 0) is 9.53 Å². The fourth-order valence-electron chi connectivity index (χ4n) is 2.80. The van der Waals surface area contributed by atoms with Crippen molar-refractivity contribution in [1.29, 1.82) is 0 Å². The van der Waals surface area contributed by atoms with Crippen LogP contribution >= 0.6 is 11.3 Å². The largest absolute Gasteiger partial charge is 0.378 e. The number of nitrogens with zero attached hydrogens (tertiary/aromatic N) is 2. The van der Waals surface area contributed by atoms with Gasteiger partial charge >= 0.3 is 0 Å². The van der Waals surface area contributed by atoms with Gasteiger partial charge < -0.3 is 14.5 Å². The van der Waals surface area contributed by atoms with Gasteiger partial charge in [-0.3, -0.25) is 9.59 Å². The van der Waals surface area contributed by atoms with Crippen molar-refractivity contribution in [3.63, 3.8) is 0 Å². The zero-order chi connectivity index (χ0) is 13.9. The topological polar surface area (TPSA) is 49.9 Å². The lowest BCUT2D eigenvalue weighted by molar-refractivity contribution is -0.139. The summed E-state index contributed by atoms with van der Waals surface area (Å²) in [5.41, 5.74) is 0. The Kier molecular flexibility index (Phi) is 4.03. The van der Waals surface area contributed by atoms with E-state index in [1.165, 1.54) is 11.3 Å². The normalized spacial score (nSPS) is 23.1. The van der Waals surface area contributed by atoms with E-state index in [2.05, 4.69) is 0 Å². The molecule has 5 nitrogen and oxygen atoms in total. The van der Waals surface area contributed by atoms with Crippen molar-refractivity contribution in [1.82, 2.24) is 9.80 Å². The predicted octanol–water partition coefficient (Wildman–Crippen LogP) is 1.21. The third-order valence-corrected chi connectivity index (χ3v) is 4.71. The summed E-state index contributed by atoms with van der Waals surface area (Å²) < 4.78 is 5.27. The third-order valence-electron chi connectivity index (χ3n) is 3.85. The van der Waals surface area contributed by atoms with E-state index in [4.69, 9.17) is 4.74 Å². The Labute approximate surface area is 122 Å². The molecule has 1 aromatic heterocycles. The zero-order valence-electron chi connectivity index (χ0n) is 11.3. The van der Waals surface area contributed by atoms with Gasteiger partial charge in [0.2, 0.25) is 5.91 Å². The Balaban J connectivity index is 1.71. The van der Waals surface area contributed by atoms with Gasteiger partial charge in [0.15, 0.2) is 0 Å². The average molecular weight is 294 g/mol. The maximum atomic E-state index is 12.6. The van der Waals surface area contributed by atoms with Gasteiger partial charge in [0.1, 0.15) is 6.04 Å². The molecular formula is C14H18N2O3S. The number of carbonyl (C=O) groups excluding carboxylic acids is 2. The predicted molar refractivity (Wildman–Crippen MR) is 75.8 cm³/mol. The highest BCUT2D eigenvalue weighted by Crippen LogP contribution is 2.23. The van der Waals surface area contributed by atoms with Gasteiger partial charge in [0.05, 0.1) is 18.1 Å². The number of hydrogen-bond donors (Lipinski definition) is 0. The highest BCUT2D eigenvalue weighted by atomic mass is 32.1. The van der Waals surface area contributed by atoms with Crippen molar-refractivity contribution in [2.24, 2.45) is 0 Å². The lowest BCUT2D eigenvalue weighted by Gasteiger charge is -2.32. The van der Waals surface area contributed by atoms with Crippen LogP contribution in [0.5, 0.6) is 0 Å². The molecule has 0 aromatic carbocycles. The van der Waals surface area contributed by atoms with Crippen molar-refractivity contribution in [2.75, 3.05) is 32.8 Å². The van der Waals surface area contributed by atoms with Gasteiger partial charge in [0, 0.05) is 19.6 Å². The molecular weight excluding hydrogens is 276 g/mol. The number of rotatable bonds is 2. The molecule has 1 atom stereocenters. The molecule has 20 heavy (non-hydrogen) atoms. The van der Waals surface area contributed by atoms with Crippen LogP contribution in [0.3, 0.4) is 0 Å². The summed E-state index contributed by atoms with van der Waals surface area (Å²) in [7, 11) is 0. The first-order valence-corrected chi connectivity index (χ1v) is 7.86. The van der Waals surface area contributed by atoms with E-state index in [1.54, 1.807) is 4.90 Å². The minimum atomic E-state index is -0.289. The molecule has 2 saturated heterocycles. The van der Waals surface area contributed by atoms with E-state index in [1.807, 2.05) is 22.4 Å². The molecule has 2 aliphatic rings. The van der Waals surface area contributed by atoms with Crippen LogP contribution in [0.1, 0.15) is 22.5 Å². The molecule has 2 fully saturated rings. The first-order chi connectivity index (χ1) is 9.77. The number of morpholine rings is 1. The Hall–Kier alpha value is -1.40. The molecule has 0 N–H and O–H groups in total. The summed E-state index contributed by atoms with van der Waals surface area (Å²) in [5, 5.41) is 1.89. The van der Waals surface area contributed by atoms with E-state index >= 15 is 0 Å². The van der Waals surface area contributed by atoms with Gasteiger partial charge in [-0.2, -0.15) is 0 Å². The summed E-state index contributed by atoms with van der Waals surface area (Å²) in [4.78, 5) is 29.3. The Bertz CT molecular complexity index is 483. The molecule has 6 heteroatoms. The van der Waals surface area contributed by atoms with Crippen LogP contribution in [0.25, 0.3) is 0 Å². The van der Waals surface area contributed by atoms with E-state index in [0.29, 0.717) is 37.7 Å². The second kappa shape index (κ2) is 5.93. The highest BCUT2D eigenvalue weighted by molar-refractivity contribution is 7.12. The minimum Gasteiger partial charge on any atom is -0.378 e. The number of carbonyl (C=O) groups is 2. The summed E-state index contributed by atoms with van der Waals surface area (Å²) in [6.07, 6.45) is 1.67. The Morgan fingerprint density at radius 1 is 1.25 bits per heavy atom. The van der Waals surface area contributed by atoms with Gasteiger partial charge in [-0.15, -0.1) is 11.3 Å². The van der Waals surface area contributed by atoms with E-state index in [9.17, 15) is 9.59 Å². The van der Waals surface area contributed by atoms with Crippen LogP contribution in [0.4, 0.5) is 0 Å². The molecule has 3 rings (SSSR count). The first-order valence-electron chi connectivity index (χ1n) is 6.98. The molecule has 0 bridgehead atoms. The first kappa shape index (κ1) is 13.6. The van der Waals surface area contributed by atoms with Gasteiger partial charge in [-0.25, -0.2) is 0 Å². The van der Waals surface area contributed by atoms with Crippen LogP contribution in [0.2, 0.25) is 0 Å². The van der Waals surface area contributed by atoms with E-state index in [0.717, 1.165) is 12.8 Å². The molecule has 3 heterocycles. The quantitative estimate of drug-likeness (QED) is 0.824. The molecule has 2 amide bonds. The maximum Gasteiger partial charge on any atom is 0.264 e. The Morgan fingerprint density at radius 3 is 2.75 bits per heavy atom. The molecule has 2 aliphatic heterocycles. The van der Waals surface area contributed by atoms with Gasteiger partial charge in [0.25, 0.3) is 5.91 Å². The Morgan fingerprint density at radius 2 is 2.05 bits per heavy atom. The number of thiophene rings is 1. The standard InChI is InChI=1S/C14H18N2O3S/c17-13(15-6-8-19-9-7-15)11-3-1-5-16(11)14(18)12-4-2-10-20-12/h2,4,10-11H,1,3,5-9H2/t11-/m1/s1. The van der Waals surface area contributed by atoms with Crippen LogP contribution in [0, 0.1) is 0 Å². The number of hydrogen-bond acceptors (Lipinski definition) is 4. The fraction of sp³-hybridized carbons (Fsp3) is 0.571. The monoisotopic (exact) mass is 294 g/mol. The van der Waals surface area contributed by atoms with Crippen LogP contribution < -0.4 is 0 Å². The second-order valence-electron chi connectivity index (χ2n) is 5.07. The van der Waals surface area contributed by atoms with Gasteiger partial charge in [-0.05, 0) is 24.3 Å². The lowest BCUT2D eigenvalue weighted by atomic mass is 10.2. The number of amides is 2. The van der Waals surface area contributed by atoms with Crippen LogP contribution in [-0.4, -0.2) is 60.5 Å². The summed E-state index contributed by atoms with van der Waals surface area (Å²) in [6, 6.07) is 3.40. The number of likely N-dealkylation sites (tertiary alicyclic amines) is 1. The van der Waals surface area contributed by atoms with Crippen molar-refractivity contribution >= 4 is 23.2 Å². The summed E-state index contributed by atoms with van der Waals surface area (Å²) in [6.45, 7) is 3.14. The minimum absolute atomic E-state index is 0.0101. The van der Waals surface area contributed by atoms with E-state index < -0.39 is 0 Å². The van der Waals surface area contributed by atoms with Crippen molar-refractivity contribution in [3.05, 3.63) is 22.4 Å². The smallest absolute Gasteiger partial charge is 0.264 e. The fourth-order valence-corrected chi connectivity index (χ4v) is 3.48. The van der Waals surface area contributed by atoms with Crippen LogP contribution in [0.15, 0.2) is 17.5 Å². The van der Waals surface area contributed by atoms with Crippen molar-refractivity contribution in [3.8, 4) is 0 Å². The molecule has 0 radical (unpaired) electrons. The molecule has 0 aliphatic carbocycles. The third kappa shape index (κ3) is 2.58. The second-order valence-corrected chi connectivity index (χ2v) is 6.02. The van der Waals surface area contributed by atoms with Crippen molar-refractivity contribution in [2.45, 2.75) is 18.9 Å². The average Bonchev–Trinajstić information content (AvgIpc) is 3.18. The maximum absolute atomic E-state index is 12.6. The molecule has 0 unspecified atom stereocenters. The summed E-state index contributed by atoms with van der Waals surface area (Å²) >= 11 is 1.43. The van der Waals surface area contributed by atoms with Gasteiger partial charge in [-0.1, -0.05) is 6.07 Å². The highest BCUT2D eigenvalue weighted by Gasteiger charge is 2.37. The van der Waals surface area contributed by atoms with E-state index in [-0.39, 0.29) is 17.9 Å². The molecule has 1 aromatic rings. The van der Waals surface area contributed by atoms with Crippen molar-refractivity contribution < 1.29 is 14.3 Å². The summed E-state index contributed by atoms with van der Waals surface area (Å²) in [5.74, 6) is 0.0693. The lowest BCUT2D eigenvalue weighted by Crippen LogP contribution is -2.50. The molecule has 0 saturated carbocycles. The zero-order valence-corrected chi connectivity index (χ0v) is 12.1. The SMILES string of the molecule is O=C([C@H]1CCCN1C(=O)c1cccs1)N1CCOCC1. The number of ether oxygens (including phenoxy) is 1.